The third kappa shape index (κ3) is 9.50. The maximum atomic E-state index is 14.3. The Morgan fingerprint density at radius 1 is 0.949 bits per heavy atom. The monoisotopic (exact) mass is 541 g/mol. The number of amides is 3. The van der Waals surface area contributed by atoms with Crippen LogP contribution in [0.5, 0.6) is 11.5 Å². The first-order chi connectivity index (χ1) is 17.9. The van der Waals surface area contributed by atoms with Crippen molar-refractivity contribution in [3.8, 4) is 11.5 Å². The molecule has 39 heavy (non-hydrogen) atoms. The van der Waals surface area contributed by atoms with Crippen molar-refractivity contribution in [3.63, 3.8) is 0 Å². The summed E-state index contributed by atoms with van der Waals surface area (Å²) in [5.74, 6) is -0.723. The smallest absolute Gasteiger partial charge is 0.408 e. The Balaban J connectivity index is 2.60. The zero-order chi connectivity index (χ0) is 29.7. The molecule has 0 aliphatic rings. The lowest BCUT2D eigenvalue weighted by atomic mass is 9.96. The molecular weight excluding hydrogens is 498 g/mol. The maximum Gasteiger partial charge on any atom is 0.408 e. The molecule has 2 atom stereocenters. The number of nitrogens with zero attached hydrogens (tertiary/aromatic N) is 1. The summed E-state index contributed by atoms with van der Waals surface area (Å²) in [4.78, 5) is 42.3. The lowest BCUT2D eigenvalue weighted by Gasteiger charge is -2.38. The maximum absolute atomic E-state index is 14.3. The minimum atomic E-state index is -1.07. The molecule has 214 valence electrons. The fourth-order valence-electron chi connectivity index (χ4n) is 4.10. The Kier molecular flexibility index (Phi) is 10.0. The number of phenolic OH excluding ortho intramolecular Hbond substituents is 2. The molecule has 0 heterocycles. The van der Waals surface area contributed by atoms with E-state index in [0.29, 0.717) is 16.7 Å². The average molecular weight is 542 g/mol. The van der Waals surface area contributed by atoms with Crippen molar-refractivity contribution in [1.29, 1.82) is 0 Å². The van der Waals surface area contributed by atoms with Crippen LogP contribution >= 0.6 is 0 Å². The van der Waals surface area contributed by atoms with Crippen LogP contribution in [0.1, 0.15) is 78.1 Å². The quantitative estimate of drug-likeness (QED) is 0.382. The first-order valence-electron chi connectivity index (χ1n) is 13.1. The van der Waals surface area contributed by atoms with Gasteiger partial charge in [-0.2, -0.15) is 0 Å². The first-order valence-corrected chi connectivity index (χ1v) is 13.1. The number of benzene rings is 2. The second-order valence-corrected chi connectivity index (χ2v) is 12.1. The normalized spacial score (nSPS) is 13.4. The summed E-state index contributed by atoms with van der Waals surface area (Å²) in [6.45, 7) is 16.0. The van der Waals surface area contributed by atoms with Gasteiger partial charge in [-0.15, -0.1) is 0 Å². The minimum absolute atomic E-state index is 0.0761. The van der Waals surface area contributed by atoms with E-state index in [1.807, 2.05) is 20.8 Å². The molecule has 4 N–H and O–H groups in total. The second kappa shape index (κ2) is 12.4. The summed E-state index contributed by atoms with van der Waals surface area (Å²) < 4.78 is 5.43. The fourth-order valence-corrected chi connectivity index (χ4v) is 4.10. The Morgan fingerprint density at radius 2 is 1.54 bits per heavy atom. The van der Waals surface area contributed by atoms with E-state index in [9.17, 15) is 24.6 Å². The molecule has 0 bridgehead atoms. The Labute approximate surface area is 231 Å². The molecule has 0 radical (unpaired) electrons. The van der Waals surface area contributed by atoms with Crippen molar-refractivity contribution >= 4 is 17.9 Å². The number of rotatable bonds is 8. The highest BCUT2D eigenvalue weighted by Gasteiger charge is 2.39. The highest BCUT2D eigenvalue weighted by molar-refractivity contribution is 5.92. The summed E-state index contributed by atoms with van der Waals surface area (Å²) in [6.07, 6.45) is -0.663. The van der Waals surface area contributed by atoms with Crippen molar-refractivity contribution in [2.75, 3.05) is 0 Å². The van der Waals surface area contributed by atoms with E-state index in [-0.39, 0.29) is 17.9 Å². The van der Waals surface area contributed by atoms with Crippen molar-refractivity contribution < 1.29 is 29.3 Å². The van der Waals surface area contributed by atoms with E-state index in [1.165, 1.54) is 23.1 Å². The molecule has 2 aromatic carbocycles. The van der Waals surface area contributed by atoms with Crippen molar-refractivity contribution in [1.82, 2.24) is 15.5 Å². The van der Waals surface area contributed by atoms with E-state index in [2.05, 4.69) is 10.6 Å². The van der Waals surface area contributed by atoms with Crippen molar-refractivity contribution in [3.05, 3.63) is 59.2 Å². The zero-order valence-electron chi connectivity index (χ0n) is 24.5. The first kappa shape index (κ1) is 31.5. The van der Waals surface area contributed by atoms with E-state index in [1.54, 1.807) is 65.8 Å². The number of hydrogen-bond donors (Lipinski definition) is 4. The number of aryl methyl sites for hydroxylation is 1. The molecule has 0 fully saturated rings. The molecule has 0 aliphatic carbocycles. The number of nitrogens with one attached hydrogen (secondary N) is 2. The third-order valence-corrected chi connectivity index (χ3v) is 5.74. The van der Waals surface area contributed by atoms with E-state index in [0.717, 1.165) is 0 Å². The number of hydrogen-bond acceptors (Lipinski definition) is 6. The molecule has 0 saturated heterocycles. The number of aromatic hydroxyl groups is 2. The highest BCUT2D eigenvalue weighted by Crippen LogP contribution is 2.29. The number of phenols is 2. The van der Waals surface area contributed by atoms with Gasteiger partial charge in [0.15, 0.2) is 0 Å². The van der Waals surface area contributed by atoms with Crippen LogP contribution in [0.2, 0.25) is 0 Å². The van der Waals surface area contributed by atoms with E-state index >= 15 is 0 Å². The molecule has 9 heteroatoms. The molecule has 3 amide bonds. The second-order valence-electron chi connectivity index (χ2n) is 12.1. The lowest BCUT2D eigenvalue weighted by Crippen LogP contribution is -2.57. The van der Waals surface area contributed by atoms with Gasteiger partial charge in [-0.25, -0.2) is 4.79 Å². The molecular formula is C30H43N3O6. The SMILES string of the molecule is Cc1cc(C(C(=O)NC(C)(C)C)N(C(=O)C(Cc2ccc(O)cc2)NC(=O)OC(C)(C)C)C(C)C)ccc1O. The standard InChI is InChI=1S/C30H43N3O6/c1-18(2)33(25(26(36)32-29(4,5)6)21-12-15-24(35)19(3)16-21)27(37)23(31-28(38)39-30(7,8)9)17-20-10-13-22(34)14-11-20/h10-16,18,23,25,34-35H,17H2,1-9H3,(H,31,38)(H,32,36). The van der Waals surface area contributed by atoms with Gasteiger partial charge < -0.3 is 30.5 Å². The Morgan fingerprint density at radius 3 is 2.03 bits per heavy atom. The minimum Gasteiger partial charge on any atom is -0.508 e. The van der Waals surface area contributed by atoms with E-state index < -0.39 is 47.2 Å². The van der Waals surface area contributed by atoms with Crippen LogP contribution < -0.4 is 10.6 Å². The van der Waals surface area contributed by atoms with Gasteiger partial charge in [-0.3, -0.25) is 9.59 Å². The van der Waals surface area contributed by atoms with Crippen LogP contribution in [-0.4, -0.2) is 56.2 Å². The summed E-state index contributed by atoms with van der Waals surface area (Å²) in [7, 11) is 0. The van der Waals surface area contributed by atoms with Gasteiger partial charge in [0.1, 0.15) is 29.2 Å². The average Bonchev–Trinajstić information content (AvgIpc) is 2.77. The molecule has 0 spiro atoms. The largest absolute Gasteiger partial charge is 0.508 e. The molecule has 2 unspecified atom stereocenters. The van der Waals surface area contributed by atoms with Gasteiger partial charge in [-0.1, -0.05) is 18.2 Å². The van der Waals surface area contributed by atoms with Crippen LogP contribution in [0, 0.1) is 6.92 Å². The van der Waals surface area contributed by atoms with Crippen molar-refractivity contribution in [2.24, 2.45) is 0 Å². The van der Waals surface area contributed by atoms with Crippen LogP contribution in [0.3, 0.4) is 0 Å². The van der Waals surface area contributed by atoms with Crippen LogP contribution in [-0.2, 0) is 20.7 Å². The van der Waals surface area contributed by atoms with Gasteiger partial charge in [0.2, 0.25) is 11.8 Å². The zero-order valence-corrected chi connectivity index (χ0v) is 24.5. The molecule has 0 saturated carbocycles. The highest BCUT2D eigenvalue weighted by atomic mass is 16.6. The van der Waals surface area contributed by atoms with Crippen LogP contribution in [0.15, 0.2) is 42.5 Å². The number of ether oxygens (including phenoxy) is 1. The topological polar surface area (TPSA) is 128 Å². The van der Waals surface area contributed by atoms with Crippen molar-refractivity contribution in [2.45, 2.75) is 98.0 Å². The predicted octanol–water partition coefficient (Wildman–Crippen LogP) is 4.74. The van der Waals surface area contributed by atoms with Crippen LogP contribution in [0.25, 0.3) is 0 Å². The summed E-state index contributed by atoms with van der Waals surface area (Å²) in [5, 5.41) is 25.5. The van der Waals surface area contributed by atoms with Crippen LogP contribution in [0.4, 0.5) is 4.79 Å². The Bertz CT molecular complexity index is 1160. The molecule has 0 aliphatic heterocycles. The lowest BCUT2D eigenvalue weighted by molar-refractivity contribution is -0.145. The Hall–Kier alpha value is -3.75. The van der Waals surface area contributed by atoms with Gasteiger partial charge in [0.05, 0.1) is 0 Å². The molecule has 2 aromatic rings. The number of carbonyl (C=O) groups excluding carboxylic acids is 3. The fraction of sp³-hybridized carbons (Fsp3) is 0.500. The van der Waals surface area contributed by atoms with E-state index in [4.69, 9.17) is 4.74 Å². The van der Waals surface area contributed by atoms with Gasteiger partial charge in [0, 0.05) is 18.0 Å². The van der Waals surface area contributed by atoms with Gasteiger partial charge in [-0.05, 0) is 103 Å². The summed E-state index contributed by atoms with van der Waals surface area (Å²) in [5.41, 5.74) is 0.418. The molecule has 9 nitrogen and oxygen atoms in total. The predicted molar refractivity (Wildman–Crippen MR) is 150 cm³/mol. The molecule has 0 aromatic heterocycles. The summed E-state index contributed by atoms with van der Waals surface area (Å²) in [6, 6.07) is 8.58. The summed E-state index contributed by atoms with van der Waals surface area (Å²) >= 11 is 0. The molecule has 2 rings (SSSR count). The number of alkyl carbamates (subject to hydrolysis) is 1. The van der Waals surface area contributed by atoms with Gasteiger partial charge in [0.25, 0.3) is 0 Å². The van der Waals surface area contributed by atoms with Gasteiger partial charge >= 0.3 is 6.09 Å². The third-order valence-electron chi connectivity index (χ3n) is 5.74. The number of carbonyl (C=O) groups is 3.